The average Bonchev–Trinajstić information content (AvgIpc) is 2.40. The Morgan fingerprint density at radius 2 is 2.26 bits per heavy atom. The molecule has 19 heavy (non-hydrogen) atoms. The van der Waals surface area contributed by atoms with E-state index >= 15 is 0 Å². The topological polar surface area (TPSA) is 58.6 Å². The molecule has 0 unspecified atom stereocenters. The lowest BCUT2D eigenvalue weighted by molar-refractivity contribution is -0.191. The summed E-state index contributed by atoms with van der Waals surface area (Å²) >= 11 is 0. The van der Waals surface area contributed by atoms with Crippen LogP contribution in [0, 0.1) is 11.8 Å². The van der Waals surface area contributed by atoms with Gasteiger partial charge in [0.15, 0.2) is 0 Å². The molecule has 0 aromatic heterocycles. The molecule has 0 radical (unpaired) electrons. The van der Waals surface area contributed by atoms with E-state index in [4.69, 9.17) is 9.84 Å². The van der Waals surface area contributed by atoms with Crippen LogP contribution in [-0.2, 0) is 15.1 Å². The maximum absolute atomic E-state index is 12.2. The van der Waals surface area contributed by atoms with Gasteiger partial charge in [0.1, 0.15) is 5.60 Å². The summed E-state index contributed by atoms with van der Waals surface area (Å²) in [6.45, 7) is 0.189. The van der Waals surface area contributed by atoms with E-state index < -0.39 is 5.60 Å². The highest BCUT2D eigenvalue weighted by Gasteiger charge is 2.61. The zero-order chi connectivity index (χ0) is 13.5. The van der Waals surface area contributed by atoms with Crippen LogP contribution in [0.25, 0.3) is 0 Å². The standard InChI is InChI=1S/C15H19NO3/c1-19-15-10(5-4-8-17)9-12(15)14(18)16-13-7-3-2-6-11(13)15/h2-3,6-7,10,12,17H,4-5,8-9H2,1H3,(H,16,18)/t10-,12+,15+/m1/s1. The average molecular weight is 261 g/mol. The number of hydrogen-bond acceptors (Lipinski definition) is 3. The van der Waals surface area contributed by atoms with E-state index in [1.165, 1.54) is 0 Å². The summed E-state index contributed by atoms with van der Waals surface area (Å²) in [5.41, 5.74) is 1.45. The molecule has 1 heterocycles. The number of methoxy groups -OCH3 is 1. The van der Waals surface area contributed by atoms with Gasteiger partial charge in [-0.1, -0.05) is 18.2 Å². The van der Waals surface area contributed by atoms with Gasteiger partial charge in [-0.25, -0.2) is 0 Å². The van der Waals surface area contributed by atoms with Crippen LogP contribution in [0.3, 0.4) is 0 Å². The first-order chi connectivity index (χ1) is 9.24. The second-order valence-corrected chi connectivity index (χ2v) is 5.38. The van der Waals surface area contributed by atoms with Crippen molar-refractivity contribution in [2.24, 2.45) is 11.8 Å². The van der Waals surface area contributed by atoms with Crippen molar-refractivity contribution in [3.05, 3.63) is 29.8 Å². The van der Waals surface area contributed by atoms with E-state index in [0.29, 0.717) is 5.92 Å². The van der Waals surface area contributed by atoms with Crippen LogP contribution in [0.2, 0.25) is 0 Å². The maximum atomic E-state index is 12.2. The van der Waals surface area contributed by atoms with Gasteiger partial charge in [0, 0.05) is 25.0 Å². The third kappa shape index (κ3) is 1.63. The largest absolute Gasteiger partial charge is 0.396 e. The van der Waals surface area contributed by atoms with Gasteiger partial charge < -0.3 is 15.2 Å². The molecule has 0 spiro atoms. The van der Waals surface area contributed by atoms with Crippen LogP contribution in [0.5, 0.6) is 0 Å². The number of carbonyl (C=O) groups excluding carboxylic acids is 1. The lowest BCUT2D eigenvalue weighted by atomic mass is 9.54. The molecule has 4 nitrogen and oxygen atoms in total. The molecule has 0 bridgehead atoms. The summed E-state index contributed by atoms with van der Waals surface area (Å²) in [6.07, 6.45) is 2.49. The fourth-order valence-electron chi connectivity index (χ4n) is 3.71. The molecule has 2 aliphatic rings. The minimum atomic E-state index is -0.492. The Hall–Kier alpha value is -1.39. The maximum Gasteiger partial charge on any atom is 0.230 e. The highest BCUT2D eigenvalue weighted by atomic mass is 16.5. The number of anilines is 1. The molecule has 1 aromatic carbocycles. The zero-order valence-corrected chi connectivity index (χ0v) is 11.1. The Labute approximate surface area is 112 Å². The van der Waals surface area contributed by atoms with Gasteiger partial charge in [-0.15, -0.1) is 0 Å². The van der Waals surface area contributed by atoms with Gasteiger partial charge in [0.25, 0.3) is 0 Å². The predicted octanol–water partition coefficient (Wildman–Crippen LogP) is 1.89. The smallest absolute Gasteiger partial charge is 0.230 e. The Kier molecular flexibility index (Phi) is 3.07. The molecule has 1 aliphatic heterocycles. The number of carbonyl (C=O) groups is 1. The summed E-state index contributed by atoms with van der Waals surface area (Å²) < 4.78 is 5.84. The van der Waals surface area contributed by atoms with Crippen molar-refractivity contribution in [1.29, 1.82) is 0 Å². The molecule has 3 rings (SSSR count). The fourth-order valence-corrected chi connectivity index (χ4v) is 3.71. The molecule has 2 N–H and O–H groups in total. The van der Waals surface area contributed by atoms with Gasteiger partial charge in [-0.3, -0.25) is 4.79 Å². The zero-order valence-electron chi connectivity index (χ0n) is 11.1. The molecule has 3 atom stereocenters. The number of aliphatic hydroxyl groups excluding tert-OH is 1. The number of rotatable bonds is 4. The first-order valence-corrected chi connectivity index (χ1v) is 6.80. The van der Waals surface area contributed by atoms with E-state index in [1.54, 1.807) is 7.11 Å². The van der Waals surface area contributed by atoms with E-state index in [2.05, 4.69) is 5.32 Å². The van der Waals surface area contributed by atoms with Crippen LogP contribution in [0.4, 0.5) is 5.69 Å². The van der Waals surface area contributed by atoms with Gasteiger partial charge >= 0.3 is 0 Å². The summed E-state index contributed by atoms with van der Waals surface area (Å²) in [4.78, 5) is 12.2. The molecule has 102 valence electrons. The van der Waals surface area contributed by atoms with E-state index in [1.807, 2.05) is 24.3 Å². The van der Waals surface area contributed by atoms with Crippen LogP contribution in [0.15, 0.2) is 24.3 Å². The predicted molar refractivity (Wildman–Crippen MR) is 71.7 cm³/mol. The van der Waals surface area contributed by atoms with Crippen molar-refractivity contribution < 1.29 is 14.6 Å². The Morgan fingerprint density at radius 3 is 3.00 bits per heavy atom. The molecular formula is C15H19NO3. The SMILES string of the molecule is CO[C@@]12c3ccccc3NC(=O)[C@@H]1C[C@H]2CCCO. The van der Waals surface area contributed by atoms with E-state index in [9.17, 15) is 4.79 Å². The third-order valence-electron chi connectivity index (χ3n) is 4.62. The highest BCUT2D eigenvalue weighted by molar-refractivity contribution is 5.98. The van der Waals surface area contributed by atoms with Crippen molar-refractivity contribution in [2.75, 3.05) is 19.0 Å². The Morgan fingerprint density at radius 1 is 1.47 bits per heavy atom. The number of ether oxygens (including phenoxy) is 1. The second-order valence-electron chi connectivity index (χ2n) is 5.38. The van der Waals surface area contributed by atoms with Gasteiger partial charge in [0.2, 0.25) is 5.91 Å². The minimum Gasteiger partial charge on any atom is -0.396 e. The quantitative estimate of drug-likeness (QED) is 0.870. The van der Waals surface area contributed by atoms with Crippen molar-refractivity contribution in [2.45, 2.75) is 24.9 Å². The first kappa shape index (κ1) is 12.6. The highest BCUT2D eigenvalue weighted by Crippen LogP contribution is 2.59. The fraction of sp³-hybridized carbons (Fsp3) is 0.533. The minimum absolute atomic E-state index is 0.0563. The van der Waals surface area contributed by atoms with Crippen molar-refractivity contribution in [3.8, 4) is 0 Å². The van der Waals surface area contributed by atoms with Gasteiger partial charge in [-0.05, 0) is 31.2 Å². The molecule has 1 aromatic rings. The molecule has 1 aliphatic carbocycles. The van der Waals surface area contributed by atoms with Gasteiger partial charge in [-0.2, -0.15) is 0 Å². The van der Waals surface area contributed by atoms with Crippen molar-refractivity contribution >= 4 is 11.6 Å². The third-order valence-corrected chi connectivity index (χ3v) is 4.62. The molecule has 1 amide bonds. The summed E-state index contributed by atoms with van der Waals surface area (Å²) in [7, 11) is 1.69. The number of hydrogen-bond donors (Lipinski definition) is 2. The number of benzene rings is 1. The number of aliphatic hydroxyl groups is 1. The monoisotopic (exact) mass is 261 g/mol. The molecule has 4 heteroatoms. The molecule has 1 fully saturated rings. The summed E-state index contributed by atoms with van der Waals surface area (Å²) in [5, 5.41) is 12.0. The van der Waals surface area contributed by atoms with Crippen LogP contribution < -0.4 is 5.32 Å². The molecular weight excluding hydrogens is 242 g/mol. The Bertz CT molecular complexity index is 502. The van der Waals surface area contributed by atoms with Crippen LogP contribution in [-0.4, -0.2) is 24.7 Å². The lowest BCUT2D eigenvalue weighted by Gasteiger charge is -2.57. The van der Waals surface area contributed by atoms with Crippen molar-refractivity contribution in [1.82, 2.24) is 0 Å². The van der Waals surface area contributed by atoms with E-state index in [0.717, 1.165) is 30.5 Å². The van der Waals surface area contributed by atoms with E-state index in [-0.39, 0.29) is 18.4 Å². The second kappa shape index (κ2) is 4.62. The molecule has 0 saturated heterocycles. The van der Waals surface area contributed by atoms with Crippen LogP contribution >= 0.6 is 0 Å². The molecule has 1 saturated carbocycles. The number of nitrogens with one attached hydrogen (secondary N) is 1. The summed E-state index contributed by atoms with van der Waals surface area (Å²) in [6, 6.07) is 7.86. The Balaban J connectivity index is 2.01. The van der Waals surface area contributed by atoms with Crippen LogP contribution in [0.1, 0.15) is 24.8 Å². The normalized spacial score (nSPS) is 32.0. The number of amides is 1. The first-order valence-electron chi connectivity index (χ1n) is 6.80. The van der Waals surface area contributed by atoms with Crippen molar-refractivity contribution in [3.63, 3.8) is 0 Å². The lowest BCUT2D eigenvalue weighted by Crippen LogP contribution is -2.61. The summed E-state index contributed by atoms with van der Waals surface area (Å²) in [5.74, 6) is 0.263. The number of para-hydroxylation sites is 1. The van der Waals surface area contributed by atoms with Gasteiger partial charge in [0.05, 0.1) is 5.92 Å². The number of fused-ring (bicyclic) bond motifs is 3.